The first-order valence-electron chi connectivity index (χ1n) is 5.31. The molecule has 6 heteroatoms. The van der Waals surface area contributed by atoms with Crippen molar-refractivity contribution in [2.45, 2.75) is 13.0 Å². The Kier molecular flexibility index (Phi) is 5.25. The van der Waals surface area contributed by atoms with Gasteiger partial charge in [0.1, 0.15) is 0 Å². The van der Waals surface area contributed by atoms with E-state index in [1.807, 2.05) is 0 Å². The first kappa shape index (κ1) is 14.6. The van der Waals surface area contributed by atoms with E-state index in [-0.39, 0.29) is 17.9 Å². The minimum atomic E-state index is -1.47. The molecule has 1 atom stereocenters. The van der Waals surface area contributed by atoms with Gasteiger partial charge in [-0.1, -0.05) is 11.6 Å². The molecule has 0 spiro atoms. The lowest BCUT2D eigenvalue weighted by atomic mass is 10.1. The third kappa shape index (κ3) is 3.05. The number of carbonyl (C=O) groups is 1. The van der Waals surface area contributed by atoms with Gasteiger partial charge in [-0.15, -0.1) is 0 Å². The highest BCUT2D eigenvalue weighted by molar-refractivity contribution is 6.30. The number of hydrogen-bond donors (Lipinski definition) is 1. The van der Waals surface area contributed by atoms with E-state index in [1.54, 1.807) is 6.92 Å². The fraction of sp³-hybridized carbons (Fsp3) is 0.417. The van der Waals surface area contributed by atoms with Crippen molar-refractivity contribution in [2.24, 2.45) is 0 Å². The van der Waals surface area contributed by atoms with Crippen molar-refractivity contribution in [3.63, 3.8) is 0 Å². The molecule has 1 N–H and O–H groups in total. The minimum Gasteiger partial charge on any atom is -0.493 e. The summed E-state index contributed by atoms with van der Waals surface area (Å²) in [6, 6.07) is 2.96. The van der Waals surface area contributed by atoms with Gasteiger partial charge in [-0.2, -0.15) is 0 Å². The predicted octanol–water partition coefficient (Wildman–Crippen LogP) is 1.95. The van der Waals surface area contributed by atoms with Crippen LogP contribution < -0.4 is 9.47 Å². The highest BCUT2D eigenvalue weighted by atomic mass is 35.5. The van der Waals surface area contributed by atoms with E-state index in [9.17, 15) is 9.90 Å². The van der Waals surface area contributed by atoms with Crippen LogP contribution in [-0.2, 0) is 9.53 Å². The minimum absolute atomic E-state index is 0.176. The Hall–Kier alpha value is -1.46. The summed E-state index contributed by atoms with van der Waals surface area (Å²) in [7, 11) is 2.85. The Morgan fingerprint density at radius 2 is 2.06 bits per heavy atom. The summed E-state index contributed by atoms with van der Waals surface area (Å²) in [5.41, 5.74) is 0.209. The molecule has 0 heterocycles. The number of methoxy groups -OCH3 is 2. The number of hydrogen-bond acceptors (Lipinski definition) is 5. The third-order valence-electron chi connectivity index (χ3n) is 2.28. The maximum absolute atomic E-state index is 11.5. The van der Waals surface area contributed by atoms with Gasteiger partial charge in [0.2, 0.25) is 0 Å². The van der Waals surface area contributed by atoms with Gasteiger partial charge in [0.25, 0.3) is 0 Å². The second kappa shape index (κ2) is 6.47. The lowest BCUT2D eigenvalue weighted by Crippen LogP contribution is -2.16. The van der Waals surface area contributed by atoms with E-state index in [0.29, 0.717) is 10.8 Å². The van der Waals surface area contributed by atoms with Gasteiger partial charge < -0.3 is 19.3 Å². The molecule has 0 aromatic heterocycles. The van der Waals surface area contributed by atoms with Gasteiger partial charge in [0, 0.05) is 16.7 Å². The molecule has 0 saturated carbocycles. The normalized spacial score (nSPS) is 11.8. The van der Waals surface area contributed by atoms with Crippen molar-refractivity contribution in [1.29, 1.82) is 0 Å². The van der Waals surface area contributed by atoms with Crippen molar-refractivity contribution < 1.29 is 24.1 Å². The zero-order chi connectivity index (χ0) is 13.7. The number of aliphatic hydroxyl groups excluding tert-OH is 1. The predicted molar refractivity (Wildman–Crippen MR) is 66.1 cm³/mol. The molecule has 0 saturated heterocycles. The number of halogens is 1. The summed E-state index contributed by atoms with van der Waals surface area (Å²) >= 11 is 5.88. The Morgan fingerprint density at radius 3 is 2.56 bits per heavy atom. The molecule has 0 amide bonds. The van der Waals surface area contributed by atoms with Crippen LogP contribution in [0.25, 0.3) is 0 Å². The number of esters is 1. The molecular weight excluding hydrogens is 260 g/mol. The number of ether oxygens (including phenoxy) is 3. The molecule has 1 unspecified atom stereocenters. The SMILES string of the molecule is CCOC(=O)C(O)c1cc(Cl)cc(OC)c1OC. The zero-order valence-electron chi connectivity index (χ0n) is 10.4. The van der Waals surface area contributed by atoms with Crippen molar-refractivity contribution in [3.05, 3.63) is 22.7 Å². The second-order valence-electron chi connectivity index (χ2n) is 3.39. The monoisotopic (exact) mass is 274 g/mol. The van der Waals surface area contributed by atoms with Gasteiger partial charge in [-0.05, 0) is 13.0 Å². The molecule has 0 aliphatic carbocycles. The summed E-state index contributed by atoms with van der Waals surface area (Å²) in [5.74, 6) is -0.175. The van der Waals surface area contributed by atoms with Gasteiger partial charge in [0.15, 0.2) is 17.6 Å². The molecule has 0 radical (unpaired) electrons. The summed E-state index contributed by atoms with van der Waals surface area (Å²) in [5, 5.41) is 10.2. The molecule has 0 aliphatic rings. The first-order valence-corrected chi connectivity index (χ1v) is 5.69. The topological polar surface area (TPSA) is 65.0 Å². The summed E-state index contributed by atoms with van der Waals surface area (Å²) in [4.78, 5) is 11.5. The smallest absolute Gasteiger partial charge is 0.339 e. The highest BCUT2D eigenvalue weighted by Crippen LogP contribution is 2.38. The summed E-state index contributed by atoms with van der Waals surface area (Å²) < 4.78 is 14.9. The highest BCUT2D eigenvalue weighted by Gasteiger charge is 2.25. The molecule has 18 heavy (non-hydrogen) atoms. The van der Waals surface area contributed by atoms with Gasteiger partial charge >= 0.3 is 5.97 Å². The van der Waals surface area contributed by atoms with Gasteiger partial charge in [0.05, 0.1) is 20.8 Å². The number of aliphatic hydroxyl groups is 1. The third-order valence-corrected chi connectivity index (χ3v) is 2.50. The van der Waals surface area contributed by atoms with Crippen LogP contribution in [0.1, 0.15) is 18.6 Å². The Balaban J connectivity index is 3.21. The molecule has 5 nitrogen and oxygen atoms in total. The van der Waals surface area contributed by atoms with E-state index in [1.165, 1.54) is 26.4 Å². The summed E-state index contributed by atoms with van der Waals surface area (Å²) in [6.45, 7) is 1.83. The number of rotatable bonds is 5. The Bertz CT molecular complexity index is 433. The van der Waals surface area contributed by atoms with E-state index in [0.717, 1.165) is 0 Å². The maximum Gasteiger partial charge on any atom is 0.339 e. The van der Waals surface area contributed by atoms with E-state index < -0.39 is 12.1 Å². The molecule has 1 rings (SSSR count). The molecule has 0 aliphatic heterocycles. The Morgan fingerprint density at radius 1 is 1.39 bits per heavy atom. The quantitative estimate of drug-likeness (QED) is 0.832. The van der Waals surface area contributed by atoms with Crippen molar-refractivity contribution in [3.8, 4) is 11.5 Å². The largest absolute Gasteiger partial charge is 0.493 e. The number of benzene rings is 1. The van der Waals surface area contributed by atoms with Crippen LogP contribution in [0.3, 0.4) is 0 Å². The first-order chi connectivity index (χ1) is 8.54. The second-order valence-corrected chi connectivity index (χ2v) is 3.82. The Labute approximate surface area is 110 Å². The lowest BCUT2D eigenvalue weighted by Gasteiger charge is -2.16. The lowest BCUT2D eigenvalue weighted by molar-refractivity contribution is -0.153. The zero-order valence-corrected chi connectivity index (χ0v) is 11.2. The standard InChI is InChI=1S/C12H15ClO5/c1-4-18-12(15)10(14)8-5-7(13)6-9(16-2)11(8)17-3/h5-6,10,14H,4H2,1-3H3. The van der Waals surface area contributed by atoms with Crippen LogP contribution in [0.4, 0.5) is 0 Å². The average molecular weight is 275 g/mol. The van der Waals surface area contributed by atoms with Crippen LogP contribution in [0.15, 0.2) is 12.1 Å². The van der Waals surface area contributed by atoms with Crippen LogP contribution >= 0.6 is 11.6 Å². The molecule has 100 valence electrons. The van der Waals surface area contributed by atoms with E-state index in [4.69, 9.17) is 25.8 Å². The van der Waals surface area contributed by atoms with Crippen molar-refractivity contribution in [1.82, 2.24) is 0 Å². The number of carbonyl (C=O) groups excluding carboxylic acids is 1. The van der Waals surface area contributed by atoms with E-state index >= 15 is 0 Å². The van der Waals surface area contributed by atoms with Crippen LogP contribution in [0, 0.1) is 0 Å². The maximum atomic E-state index is 11.5. The molecular formula is C12H15ClO5. The molecule has 1 aromatic rings. The van der Waals surface area contributed by atoms with Gasteiger partial charge in [-0.3, -0.25) is 0 Å². The summed E-state index contributed by atoms with van der Waals surface area (Å²) in [6.07, 6.45) is -1.47. The molecule has 1 aromatic carbocycles. The fourth-order valence-corrected chi connectivity index (χ4v) is 1.73. The van der Waals surface area contributed by atoms with Crippen molar-refractivity contribution >= 4 is 17.6 Å². The molecule has 0 fully saturated rings. The van der Waals surface area contributed by atoms with Crippen LogP contribution in [0.5, 0.6) is 11.5 Å². The van der Waals surface area contributed by atoms with Crippen LogP contribution in [-0.4, -0.2) is 31.9 Å². The van der Waals surface area contributed by atoms with Crippen molar-refractivity contribution in [2.75, 3.05) is 20.8 Å². The average Bonchev–Trinajstić information content (AvgIpc) is 2.36. The van der Waals surface area contributed by atoms with E-state index in [2.05, 4.69) is 0 Å². The van der Waals surface area contributed by atoms with Gasteiger partial charge in [-0.25, -0.2) is 4.79 Å². The fourth-order valence-electron chi connectivity index (χ4n) is 1.51. The van der Waals surface area contributed by atoms with Crippen LogP contribution in [0.2, 0.25) is 5.02 Å². The molecule has 0 bridgehead atoms.